The van der Waals surface area contributed by atoms with Crippen LogP contribution in [0.3, 0.4) is 0 Å². The van der Waals surface area contributed by atoms with Gasteiger partial charge in [-0.2, -0.15) is 13.2 Å². The Labute approximate surface area is 185 Å². The molecule has 0 aliphatic carbocycles. The molecule has 1 amide bonds. The van der Waals surface area contributed by atoms with Crippen LogP contribution in [0.25, 0.3) is 11.3 Å². The molecule has 174 valence electrons. The molecule has 3 rings (SSSR count). The highest BCUT2D eigenvalue weighted by molar-refractivity contribution is 7.92. The van der Waals surface area contributed by atoms with Gasteiger partial charge in [-0.05, 0) is 30.3 Å². The molecule has 0 aliphatic rings. The Morgan fingerprint density at radius 1 is 0.939 bits per heavy atom. The van der Waals surface area contributed by atoms with E-state index in [0.29, 0.717) is 6.07 Å². The number of benzene rings is 2. The Kier molecular flexibility index (Phi) is 6.28. The average molecular weight is 503 g/mol. The largest absolute Gasteiger partial charge is 0.416 e. The molecule has 2 aromatic carbocycles. The van der Waals surface area contributed by atoms with Gasteiger partial charge in [-0.1, -0.05) is 24.3 Å². The fraction of sp³-hybridized carbons (Fsp3) is 0.0526. The van der Waals surface area contributed by atoms with Crippen LogP contribution in [0.1, 0.15) is 15.9 Å². The number of sulfonamides is 2. The summed E-state index contributed by atoms with van der Waals surface area (Å²) in [5, 5.41) is 4.99. The van der Waals surface area contributed by atoms with Crippen molar-refractivity contribution in [1.82, 2.24) is 9.71 Å². The zero-order chi connectivity index (χ0) is 24.6. The van der Waals surface area contributed by atoms with Crippen molar-refractivity contribution >= 4 is 26.0 Å². The zero-order valence-corrected chi connectivity index (χ0v) is 17.8. The SMILES string of the molecule is NS(=O)(=O)c1ccccc1S(=O)(=O)NC(=O)c1cnc(-c2ccc(C(F)(F)F)cc2)c(F)c1. The highest BCUT2D eigenvalue weighted by Gasteiger charge is 2.30. The first-order valence-electron chi connectivity index (χ1n) is 8.72. The molecule has 0 atom stereocenters. The van der Waals surface area contributed by atoms with Crippen LogP contribution in [-0.4, -0.2) is 27.7 Å². The minimum absolute atomic E-state index is 0.0119. The van der Waals surface area contributed by atoms with E-state index in [-0.39, 0.29) is 11.3 Å². The van der Waals surface area contributed by atoms with Gasteiger partial charge in [-0.15, -0.1) is 0 Å². The second-order valence-electron chi connectivity index (χ2n) is 6.56. The molecule has 3 aromatic rings. The number of aromatic nitrogens is 1. The maximum absolute atomic E-state index is 14.5. The van der Waals surface area contributed by atoms with Gasteiger partial charge in [-0.25, -0.2) is 31.1 Å². The van der Waals surface area contributed by atoms with E-state index in [4.69, 9.17) is 5.14 Å². The number of amides is 1. The van der Waals surface area contributed by atoms with Crippen LogP contribution >= 0.6 is 0 Å². The number of carbonyl (C=O) groups excluding carboxylic acids is 1. The number of carbonyl (C=O) groups is 1. The monoisotopic (exact) mass is 503 g/mol. The van der Waals surface area contributed by atoms with E-state index in [1.165, 1.54) is 12.1 Å². The minimum Gasteiger partial charge on any atom is -0.268 e. The van der Waals surface area contributed by atoms with Gasteiger partial charge in [0.05, 0.1) is 11.1 Å². The first-order valence-corrected chi connectivity index (χ1v) is 11.8. The number of pyridine rings is 1. The third-order valence-electron chi connectivity index (χ3n) is 4.26. The summed E-state index contributed by atoms with van der Waals surface area (Å²) < 4.78 is 102. The summed E-state index contributed by atoms with van der Waals surface area (Å²) in [4.78, 5) is 14.5. The van der Waals surface area contributed by atoms with Crippen LogP contribution in [0.5, 0.6) is 0 Å². The summed E-state index contributed by atoms with van der Waals surface area (Å²) >= 11 is 0. The molecule has 8 nitrogen and oxygen atoms in total. The number of rotatable bonds is 5. The van der Waals surface area contributed by atoms with Gasteiger partial charge in [-0.3, -0.25) is 9.78 Å². The summed E-state index contributed by atoms with van der Waals surface area (Å²) in [6.07, 6.45) is -3.77. The first-order chi connectivity index (χ1) is 15.2. The van der Waals surface area contributed by atoms with Crippen molar-refractivity contribution in [3.8, 4) is 11.3 Å². The Morgan fingerprint density at radius 2 is 1.52 bits per heavy atom. The molecule has 0 saturated heterocycles. The van der Waals surface area contributed by atoms with Crippen molar-refractivity contribution in [3.05, 3.63) is 77.7 Å². The summed E-state index contributed by atoms with van der Waals surface area (Å²) in [7, 11) is -9.18. The summed E-state index contributed by atoms with van der Waals surface area (Å²) in [6.45, 7) is 0. The van der Waals surface area contributed by atoms with Gasteiger partial charge >= 0.3 is 6.18 Å². The third kappa shape index (κ3) is 5.35. The number of halogens is 4. The van der Waals surface area contributed by atoms with Gasteiger partial charge in [0.1, 0.15) is 21.3 Å². The van der Waals surface area contributed by atoms with Crippen LogP contribution in [0.15, 0.2) is 70.6 Å². The van der Waals surface area contributed by atoms with Crippen molar-refractivity contribution in [3.63, 3.8) is 0 Å². The second-order valence-corrected chi connectivity index (χ2v) is 9.74. The second kappa shape index (κ2) is 8.53. The molecule has 0 unspecified atom stereocenters. The Bertz CT molecular complexity index is 1440. The van der Waals surface area contributed by atoms with E-state index >= 15 is 0 Å². The topological polar surface area (TPSA) is 136 Å². The van der Waals surface area contributed by atoms with Gasteiger partial charge < -0.3 is 0 Å². The van der Waals surface area contributed by atoms with Crippen molar-refractivity contribution < 1.29 is 39.2 Å². The van der Waals surface area contributed by atoms with Crippen LogP contribution in [-0.2, 0) is 26.2 Å². The molecule has 1 aromatic heterocycles. The number of nitrogens with one attached hydrogen (secondary N) is 1. The van der Waals surface area contributed by atoms with Crippen LogP contribution < -0.4 is 9.86 Å². The van der Waals surface area contributed by atoms with Crippen LogP contribution in [0, 0.1) is 5.82 Å². The van der Waals surface area contributed by atoms with Gasteiger partial charge in [0, 0.05) is 11.8 Å². The predicted molar refractivity (Wildman–Crippen MR) is 107 cm³/mol. The quantitative estimate of drug-likeness (QED) is 0.514. The smallest absolute Gasteiger partial charge is 0.268 e. The Hall–Kier alpha value is -3.36. The molecule has 3 N–H and O–H groups in total. The lowest BCUT2D eigenvalue weighted by molar-refractivity contribution is -0.137. The van der Waals surface area contributed by atoms with Crippen molar-refractivity contribution in [2.24, 2.45) is 5.14 Å². The molecule has 14 heteroatoms. The normalized spacial score (nSPS) is 12.4. The molecule has 0 spiro atoms. The van der Waals surface area contributed by atoms with Crippen molar-refractivity contribution in [1.29, 1.82) is 0 Å². The molecule has 0 saturated carbocycles. The maximum atomic E-state index is 14.5. The molecule has 1 heterocycles. The summed E-state index contributed by atoms with van der Waals surface area (Å²) in [6, 6.07) is 8.32. The summed E-state index contributed by atoms with van der Waals surface area (Å²) in [5.41, 5.74) is -1.88. The summed E-state index contributed by atoms with van der Waals surface area (Å²) in [5.74, 6) is -2.44. The van der Waals surface area contributed by atoms with E-state index in [9.17, 15) is 39.2 Å². The van der Waals surface area contributed by atoms with Crippen molar-refractivity contribution in [2.75, 3.05) is 0 Å². The zero-order valence-electron chi connectivity index (χ0n) is 16.2. The highest BCUT2D eigenvalue weighted by atomic mass is 32.2. The van der Waals surface area contributed by atoms with Gasteiger partial charge in [0.2, 0.25) is 10.0 Å². The fourth-order valence-corrected chi connectivity index (χ4v) is 5.09. The molecular weight excluding hydrogens is 490 g/mol. The Morgan fingerprint density at radius 3 is 2.03 bits per heavy atom. The van der Waals surface area contributed by atoms with E-state index < -0.39 is 58.9 Å². The standard InChI is InChI=1S/C19H13F4N3O5S2/c20-14-9-12(10-25-17(14)11-5-7-13(8-6-11)19(21,22)23)18(27)26-33(30,31)16-4-2-1-3-15(16)32(24,28)29/h1-10H,(H,26,27)(H2,24,28,29). The van der Waals surface area contributed by atoms with Crippen molar-refractivity contribution in [2.45, 2.75) is 16.0 Å². The number of hydrogen-bond donors (Lipinski definition) is 2. The fourth-order valence-electron chi connectivity index (χ4n) is 2.73. The minimum atomic E-state index is -4.73. The number of hydrogen-bond acceptors (Lipinski definition) is 6. The number of nitrogens with two attached hydrogens (primary N) is 1. The number of nitrogens with zero attached hydrogens (tertiary/aromatic N) is 1. The highest BCUT2D eigenvalue weighted by Crippen LogP contribution is 2.31. The lowest BCUT2D eigenvalue weighted by Gasteiger charge is -2.11. The predicted octanol–water partition coefficient (Wildman–Crippen LogP) is 2.67. The molecule has 0 bridgehead atoms. The van der Waals surface area contributed by atoms with E-state index in [0.717, 1.165) is 42.6 Å². The molecule has 33 heavy (non-hydrogen) atoms. The molecule has 0 aliphatic heterocycles. The third-order valence-corrected chi connectivity index (χ3v) is 6.75. The number of primary sulfonamides is 1. The van der Waals surface area contributed by atoms with Gasteiger partial charge in [0.15, 0.2) is 0 Å². The molecular formula is C19H13F4N3O5S2. The molecule has 0 radical (unpaired) electrons. The van der Waals surface area contributed by atoms with Gasteiger partial charge in [0.25, 0.3) is 15.9 Å². The van der Waals surface area contributed by atoms with Crippen LogP contribution in [0.2, 0.25) is 0 Å². The Balaban J connectivity index is 1.89. The van der Waals surface area contributed by atoms with E-state index in [2.05, 4.69) is 4.98 Å². The molecule has 0 fully saturated rings. The lowest BCUT2D eigenvalue weighted by atomic mass is 10.1. The van der Waals surface area contributed by atoms with E-state index in [1.54, 1.807) is 4.72 Å². The number of alkyl halides is 3. The van der Waals surface area contributed by atoms with E-state index in [1.807, 2.05) is 0 Å². The maximum Gasteiger partial charge on any atom is 0.416 e. The average Bonchev–Trinajstić information content (AvgIpc) is 2.72. The lowest BCUT2D eigenvalue weighted by Crippen LogP contribution is -2.32. The van der Waals surface area contributed by atoms with Crippen LogP contribution in [0.4, 0.5) is 17.6 Å². The first kappa shape index (κ1) is 24.3.